The molecule has 3 nitrogen and oxygen atoms in total. The van der Waals surface area contributed by atoms with Crippen LogP contribution in [0.5, 0.6) is 0 Å². The van der Waals surface area contributed by atoms with Gasteiger partial charge in [-0.15, -0.1) is 0 Å². The van der Waals surface area contributed by atoms with Crippen LogP contribution in [0.4, 0.5) is 8.78 Å². The average molecular weight is 341 g/mol. The largest absolute Gasteiger partial charge is 0.469 e. The molecule has 0 aliphatic carbocycles. The number of halogens is 3. The van der Waals surface area contributed by atoms with Crippen molar-refractivity contribution in [2.24, 2.45) is 0 Å². The SMILES string of the molecule is COC(=O)Cc1cc(C(F)F)nc(C)c1I. The molecule has 0 saturated heterocycles. The smallest absolute Gasteiger partial charge is 0.310 e. The Hall–Kier alpha value is -0.790. The van der Waals surface area contributed by atoms with Gasteiger partial charge in [-0.3, -0.25) is 9.78 Å². The van der Waals surface area contributed by atoms with Crippen molar-refractivity contribution in [3.8, 4) is 0 Å². The maximum Gasteiger partial charge on any atom is 0.310 e. The van der Waals surface area contributed by atoms with Gasteiger partial charge >= 0.3 is 5.97 Å². The van der Waals surface area contributed by atoms with E-state index in [-0.39, 0.29) is 12.1 Å². The van der Waals surface area contributed by atoms with Crippen LogP contribution in [0.3, 0.4) is 0 Å². The van der Waals surface area contributed by atoms with Gasteiger partial charge in [0.15, 0.2) is 0 Å². The maximum atomic E-state index is 12.5. The molecule has 1 heterocycles. The molecule has 0 aliphatic rings. The number of aromatic nitrogens is 1. The molecule has 1 aromatic rings. The highest BCUT2D eigenvalue weighted by molar-refractivity contribution is 14.1. The number of ether oxygens (including phenoxy) is 1. The van der Waals surface area contributed by atoms with Gasteiger partial charge in [0, 0.05) is 3.57 Å². The minimum absolute atomic E-state index is 0.0160. The third-order valence-corrected chi connectivity index (χ3v) is 3.48. The minimum Gasteiger partial charge on any atom is -0.469 e. The van der Waals surface area contributed by atoms with E-state index in [0.29, 0.717) is 14.8 Å². The number of aryl methyl sites for hydroxylation is 1. The van der Waals surface area contributed by atoms with Gasteiger partial charge in [0.25, 0.3) is 6.43 Å². The van der Waals surface area contributed by atoms with Crippen molar-refractivity contribution < 1.29 is 18.3 Å². The fourth-order valence-corrected chi connectivity index (χ4v) is 1.68. The van der Waals surface area contributed by atoms with E-state index in [4.69, 9.17) is 0 Å². The molecule has 16 heavy (non-hydrogen) atoms. The second-order valence-corrected chi connectivity index (χ2v) is 4.24. The van der Waals surface area contributed by atoms with Crippen molar-refractivity contribution >= 4 is 28.6 Å². The molecule has 0 amide bonds. The predicted molar refractivity (Wildman–Crippen MR) is 62.4 cm³/mol. The van der Waals surface area contributed by atoms with E-state index < -0.39 is 12.4 Å². The quantitative estimate of drug-likeness (QED) is 0.627. The Labute approximate surface area is 105 Å². The molecule has 0 aliphatic heterocycles. The van der Waals surface area contributed by atoms with Crippen LogP contribution in [0.25, 0.3) is 0 Å². The molecule has 0 N–H and O–H groups in total. The van der Waals surface area contributed by atoms with E-state index in [1.165, 1.54) is 13.2 Å². The van der Waals surface area contributed by atoms with Crippen molar-refractivity contribution in [3.63, 3.8) is 0 Å². The summed E-state index contributed by atoms with van der Waals surface area (Å²) in [6, 6.07) is 1.25. The molecule has 0 radical (unpaired) electrons. The summed E-state index contributed by atoms with van der Waals surface area (Å²) in [4.78, 5) is 14.8. The van der Waals surface area contributed by atoms with Crippen molar-refractivity contribution in [1.29, 1.82) is 0 Å². The summed E-state index contributed by atoms with van der Waals surface area (Å²) in [5.41, 5.74) is 0.712. The highest BCUT2D eigenvalue weighted by Gasteiger charge is 2.16. The first-order valence-corrected chi connectivity index (χ1v) is 5.54. The molecule has 1 aromatic heterocycles. The molecule has 6 heteroatoms. The van der Waals surface area contributed by atoms with E-state index in [9.17, 15) is 13.6 Å². The van der Waals surface area contributed by atoms with Crippen LogP contribution in [0.1, 0.15) is 23.4 Å². The Balaban J connectivity index is 3.11. The number of nitrogens with zero attached hydrogens (tertiary/aromatic N) is 1. The number of carbonyl (C=O) groups is 1. The van der Waals surface area contributed by atoms with Crippen LogP contribution in [0, 0.1) is 10.5 Å². The van der Waals surface area contributed by atoms with Crippen LogP contribution in [-0.2, 0) is 16.0 Å². The topological polar surface area (TPSA) is 39.2 Å². The van der Waals surface area contributed by atoms with Crippen LogP contribution < -0.4 is 0 Å². The summed E-state index contributed by atoms with van der Waals surface area (Å²) in [5, 5.41) is 0. The van der Waals surface area contributed by atoms with Gasteiger partial charge in [0.05, 0.1) is 19.2 Å². The van der Waals surface area contributed by atoms with Crippen molar-refractivity contribution in [3.05, 3.63) is 26.6 Å². The van der Waals surface area contributed by atoms with E-state index in [1.54, 1.807) is 6.92 Å². The fraction of sp³-hybridized carbons (Fsp3) is 0.400. The lowest BCUT2D eigenvalue weighted by Gasteiger charge is -2.08. The van der Waals surface area contributed by atoms with Gasteiger partial charge in [-0.25, -0.2) is 8.78 Å². The molecule has 0 saturated carbocycles. The lowest BCUT2D eigenvalue weighted by atomic mass is 10.1. The zero-order valence-electron chi connectivity index (χ0n) is 8.76. The number of rotatable bonds is 3. The first kappa shape index (κ1) is 13.3. The van der Waals surface area contributed by atoms with Crippen LogP contribution >= 0.6 is 22.6 Å². The molecule has 0 atom stereocenters. The lowest BCUT2D eigenvalue weighted by molar-refractivity contribution is -0.139. The zero-order chi connectivity index (χ0) is 12.3. The summed E-state index contributed by atoms with van der Waals surface area (Å²) in [6.45, 7) is 1.63. The molecule has 1 rings (SSSR count). The molecular formula is C10H10F2INO2. The average Bonchev–Trinajstić information content (AvgIpc) is 2.23. The molecule has 0 aromatic carbocycles. The predicted octanol–water partition coefficient (Wildman–Crippen LogP) is 2.65. The third kappa shape index (κ3) is 3.10. The monoisotopic (exact) mass is 341 g/mol. The Morgan fingerprint density at radius 3 is 2.75 bits per heavy atom. The fourth-order valence-electron chi connectivity index (χ4n) is 1.22. The Morgan fingerprint density at radius 1 is 1.62 bits per heavy atom. The number of pyridine rings is 1. The molecule has 88 valence electrons. The highest BCUT2D eigenvalue weighted by atomic mass is 127. The van der Waals surface area contributed by atoms with Crippen molar-refractivity contribution in [2.75, 3.05) is 7.11 Å². The Bertz CT molecular complexity index is 410. The summed E-state index contributed by atoms with van der Waals surface area (Å²) in [5.74, 6) is -0.455. The number of methoxy groups -OCH3 is 1. The number of alkyl halides is 2. The van der Waals surface area contributed by atoms with E-state index >= 15 is 0 Å². The normalized spacial score (nSPS) is 10.6. The summed E-state index contributed by atoms with van der Waals surface area (Å²) >= 11 is 1.98. The van der Waals surface area contributed by atoms with E-state index in [1.807, 2.05) is 22.6 Å². The summed E-state index contributed by atoms with van der Waals surface area (Å²) in [7, 11) is 1.26. The number of carbonyl (C=O) groups excluding carboxylic acids is 1. The van der Waals surface area contributed by atoms with Gasteiger partial charge in [0.1, 0.15) is 5.69 Å². The first-order chi connectivity index (χ1) is 7.45. The first-order valence-electron chi connectivity index (χ1n) is 4.46. The van der Waals surface area contributed by atoms with Gasteiger partial charge in [-0.1, -0.05) is 0 Å². The molecule has 0 bridgehead atoms. The third-order valence-electron chi connectivity index (χ3n) is 2.00. The van der Waals surface area contributed by atoms with Gasteiger partial charge < -0.3 is 4.74 Å². The summed E-state index contributed by atoms with van der Waals surface area (Å²) in [6.07, 6.45) is -2.65. The second kappa shape index (κ2) is 5.51. The lowest BCUT2D eigenvalue weighted by Crippen LogP contribution is -2.08. The Kier molecular flexibility index (Phi) is 4.57. The Morgan fingerprint density at radius 2 is 2.25 bits per heavy atom. The molecule has 0 unspecified atom stereocenters. The molecule has 0 spiro atoms. The van der Waals surface area contributed by atoms with Gasteiger partial charge in [0.2, 0.25) is 0 Å². The minimum atomic E-state index is -2.63. The number of esters is 1. The zero-order valence-corrected chi connectivity index (χ0v) is 10.9. The standard InChI is InChI=1S/C10H10F2INO2/c1-5-9(13)6(4-8(15)16-2)3-7(14-5)10(11)12/h3,10H,4H2,1-2H3. The van der Waals surface area contributed by atoms with E-state index in [2.05, 4.69) is 9.72 Å². The van der Waals surface area contributed by atoms with Gasteiger partial charge in [-0.2, -0.15) is 0 Å². The van der Waals surface area contributed by atoms with Gasteiger partial charge in [-0.05, 0) is 41.1 Å². The molecular weight excluding hydrogens is 331 g/mol. The van der Waals surface area contributed by atoms with E-state index in [0.717, 1.165) is 0 Å². The summed E-state index contributed by atoms with van der Waals surface area (Å²) < 4.78 is 30.2. The number of hydrogen-bond acceptors (Lipinski definition) is 3. The van der Waals surface area contributed by atoms with Crippen molar-refractivity contribution in [1.82, 2.24) is 4.98 Å². The second-order valence-electron chi connectivity index (χ2n) is 3.16. The van der Waals surface area contributed by atoms with Crippen molar-refractivity contribution in [2.45, 2.75) is 19.8 Å². The highest BCUT2D eigenvalue weighted by Crippen LogP contribution is 2.23. The van der Waals surface area contributed by atoms with Crippen LogP contribution in [0.15, 0.2) is 6.07 Å². The maximum absolute atomic E-state index is 12.5. The number of hydrogen-bond donors (Lipinski definition) is 0. The molecule has 0 fully saturated rings. The van der Waals surface area contributed by atoms with Crippen LogP contribution in [0.2, 0.25) is 0 Å². The van der Waals surface area contributed by atoms with Crippen LogP contribution in [-0.4, -0.2) is 18.1 Å².